The standard InChI is InChI=1S/C13H15N3O4/c1-9(10-4-6-14-7-5-10)20-15-11(17)8-16-12(18)2-3-13(16)19/h4-7,9H,2-3,8H2,1H3,(H,15,17)/t9-/m0/s1. The van der Waals surface area contributed by atoms with Gasteiger partial charge in [-0.05, 0) is 24.6 Å². The fourth-order valence-electron chi connectivity index (χ4n) is 1.83. The highest BCUT2D eigenvalue weighted by Gasteiger charge is 2.30. The van der Waals surface area contributed by atoms with Crippen molar-refractivity contribution in [1.29, 1.82) is 0 Å². The summed E-state index contributed by atoms with van der Waals surface area (Å²) in [6.45, 7) is 1.46. The lowest BCUT2D eigenvalue weighted by Crippen LogP contribution is -2.40. The molecule has 1 aromatic heterocycles. The van der Waals surface area contributed by atoms with Gasteiger partial charge in [-0.3, -0.25) is 29.1 Å². The van der Waals surface area contributed by atoms with E-state index in [1.54, 1.807) is 31.5 Å². The number of aromatic nitrogens is 1. The maximum Gasteiger partial charge on any atom is 0.263 e. The van der Waals surface area contributed by atoms with Crippen molar-refractivity contribution < 1.29 is 19.2 Å². The van der Waals surface area contributed by atoms with Gasteiger partial charge < -0.3 is 0 Å². The summed E-state index contributed by atoms with van der Waals surface area (Å²) in [6.07, 6.45) is 3.23. The van der Waals surface area contributed by atoms with Gasteiger partial charge in [0.15, 0.2) is 0 Å². The number of hydrogen-bond donors (Lipinski definition) is 1. The summed E-state index contributed by atoms with van der Waals surface area (Å²) in [5.74, 6) is -1.19. The Bertz CT molecular complexity index is 502. The van der Waals surface area contributed by atoms with Gasteiger partial charge in [0, 0.05) is 25.2 Å². The van der Waals surface area contributed by atoms with Gasteiger partial charge in [0.25, 0.3) is 5.91 Å². The molecule has 2 heterocycles. The monoisotopic (exact) mass is 277 g/mol. The smallest absolute Gasteiger partial charge is 0.263 e. The zero-order chi connectivity index (χ0) is 14.5. The van der Waals surface area contributed by atoms with E-state index in [1.165, 1.54) is 0 Å². The van der Waals surface area contributed by atoms with E-state index < -0.39 is 5.91 Å². The SMILES string of the molecule is C[C@H](ONC(=O)CN1C(=O)CCC1=O)c1ccncc1. The fourth-order valence-corrected chi connectivity index (χ4v) is 1.83. The molecule has 0 saturated carbocycles. The summed E-state index contributed by atoms with van der Waals surface area (Å²) in [4.78, 5) is 44.4. The number of nitrogens with one attached hydrogen (secondary N) is 1. The summed E-state index contributed by atoms with van der Waals surface area (Å²) >= 11 is 0. The first-order chi connectivity index (χ1) is 9.58. The van der Waals surface area contributed by atoms with Crippen molar-refractivity contribution in [2.75, 3.05) is 6.54 Å². The van der Waals surface area contributed by atoms with E-state index in [-0.39, 0.29) is 37.3 Å². The van der Waals surface area contributed by atoms with E-state index in [2.05, 4.69) is 10.5 Å². The van der Waals surface area contributed by atoms with Crippen molar-refractivity contribution in [3.8, 4) is 0 Å². The molecular weight excluding hydrogens is 262 g/mol. The van der Waals surface area contributed by atoms with Crippen LogP contribution in [0.2, 0.25) is 0 Å². The van der Waals surface area contributed by atoms with Crippen molar-refractivity contribution in [1.82, 2.24) is 15.4 Å². The van der Waals surface area contributed by atoms with Crippen molar-refractivity contribution in [3.05, 3.63) is 30.1 Å². The molecule has 1 N–H and O–H groups in total. The van der Waals surface area contributed by atoms with Gasteiger partial charge in [0.2, 0.25) is 11.8 Å². The van der Waals surface area contributed by atoms with Crippen molar-refractivity contribution in [2.24, 2.45) is 0 Å². The van der Waals surface area contributed by atoms with Gasteiger partial charge in [0.1, 0.15) is 12.6 Å². The highest BCUT2D eigenvalue weighted by atomic mass is 16.7. The number of nitrogens with zero attached hydrogens (tertiary/aromatic N) is 2. The number of carbonyl (C=O) groups excluding carboxylic acids is 3. The van der Waals surface area contributed by atoms with Crippen LogP contribution in [0.1, 0.15) is 31.4 Å². The van der Waals surface area contributed by atoms with Crippen LogP contribution < -0.4 is 5.48 Å². The van der Waals surface area contributed by atoms with Crippen molar-refractivity contribution in [2.45, 2.75) is 25.9 Å². The first kappa shape index (κ1) is 14.1. The molecule has 1 fully saturated rings. The zero-order valence-electron chi connectivity index (χ0n) is 11.0. The molecule has 0 spiro atoms. The van der Waals surface area contributed by atoms with Crippen molar-refractivity contribution >= 4 is 17.7 Å². The van der Waals surface area contributed by atoms with Crippen LogP contribution in [0.15, 0.2) is 24.5 Å². The highest BCUT2D eigenvalue weighted by Crippen LogP contribution is 2.14. The molecule has 1 aromatic rings. The van der Waals surface area contributed by atoms with E-state index in [0.717, 1.165) is 10.5 Å². The van der Waals surface area contributed by atoms with Crippen LogP contribution in [0.4, 0.5) is 0 Å². The molecule has 0 aliphatic carbocycles. The topological polar surface area (TPSA) is 88.6 Å². The maximum atomic E-state index is 11.6. The van der Waals surface area contributed by atoms with Crippen LogP contribution in [-0.2, 0) is 19.2 Å². The number of carbonyl (C=O) groups is 3. The highest BCUT2D eigenvalue weighted by molar-refractivity contribution is 6.04. The van der Waals surface area contributed by atoms with Gasteiger partial charge in [-0.2, -0.15) is 0 Å². The van der Waals surface area contributed by atoms with Gasteiger partial charge in [0.05, 0.1) is 0 Å². The molecule has 3 amide bonds. The van der Waals surface area contributed by atoms with Crippen molar-refractivity contribution in [3.63, 3.8) is 0 Å². The molecular formula is C13H15N3O4. The number of rotatable bonds is 5. The quantitative estimate of drug-likeness (QED) is 0.619. The third kappa shape index (κ3) is 3.39. The second-order valence-corrected chi connectivity index (χ2v) is 4.44. The van der Waals surface area contributed by atoms with E-state index in [0.29, 0.717) is 0 Å². The molecule has 7 heteroatoms. The lowest BCUT2D eigenvalue weighted by molar-refractivity contribution is -0.148. The van der Waals surface area contributed by atoms with Crippen LogP contribution in [-0.4, -0.2) is 34.2 Å². The Kier molecular flexibility index (Phi) is 4.41. The molecule has 1 aliphatic heterocycles. The van der Waals surface area contributed by atoms with E-state index >= 15 is 0 Å². The Labute approximate surface area is 115 Å². The molecule has 1 aliphatic rings. The number of pyridine rings is 1. The summed E-state index contributed by atoms with van der Waals surface area (Å²) in [5.41, 5.74) is 3.10. The Hall–Kier alpha value is -2.28. The summed E-state index contributed by atoms with van der Waals surface area (Å²) in [6, 6.07) is 3.54. The van der Waals surface area contributed by atoms with Crippen LogP contribution in [0.25, 0.3) is 0 Å². The Morgan fingerprint density at radius 1 is 1.35 bits per heavy atom. The van der Waals surface area contributed by atoms with Gasteiger partial charge in [-0.25, -0.2) is 5.48 Å². The summed E-state index contributed by atoms with van der Waals surface area (Å²) in [7, 11) is 0. The Morgan fingerprint density at radius 2 is 1.95 bits per heavy atom. The normalized spacial score (nSPS) is 16.4. The second-order valence-electron chi connectivity index (χ2n) is 4.44. The first-order valence-corrected chi connectivity index (χ1v) is 6.25. The number of imide groups is 1. The molecule has 1 saturated heterocycles. The third-order valence-corrected chi connectivity index (χ3v) is 2.98. The molecule has 0 unspecified atom stereocenters. The molecule has 20 heavy (non-hydrogen) atoms. The molecule has 0 bridgehead atoms. The number of amides is 3. The van der Waals surface area contributed by atoms with E-state index in [4.69, 9.17) is 4.84 Å². The second kappa shape index (κ2) is 6.25. The molecule has 7 nitrogen and oxygen atoms in total. The predicted molar refractivity (Wildman–Crippen MR) is 67.8 cm³/mol. The van der Waals surface area contributed by atoms with Crippen LogP contribution in [0.5, 0.6) is 0 Å². The largest absolute Gasteiger partial charge is 0.274 e. The average molecular weight is 277 g/mol. The average Bonchev–Trinajstić information content (AvgIpc) is 2.77. The van der Waals surface area contributed by atoms with Gasteiger partial charge >= 0.3 is 0 Å². The summed E-state index contributed by atoms with van der Waals surface area (Å²) in [5, 5.41) is 0. The minimum Gasteiger partial charge on any atom is -0.274 e. The number of likely N-dealkylation sites (tertiary alicyclic amines) is 1. The van der Waals surface area contributed by atoms with Gasteiger partial charge in [-0.15, -0.1) is 0 Å². The summed E-state index contributed by atoms with van der Waals surface area (Å²) < 4.78 is 0. The third-order valence-electron chi connectivity index (χ3n) is 2.98. The Morgan fingerprint density at radius 3 is 2.55 bits per heavy atom. The molecule has 1 atom stereocenters. The predicted octanol–water partition coefficient (Wildman–Crippen LogP) is 0.339. The first-order valence-electron chi connectivity index (χ1n) is 6.25. The van der Waals surface area contributed by atoms with Crippen LogP contribution in [0, 0.1) is 0 Å². The van der Waals surface area contributed by atoms with E-state index in [1.807, 2.05) is 0 Å². The fraction of sp³-hybridized carbons (Fsp3) is 0.385. The van der Waals surface area contributed by atoms with Gasteiger partial charge in [-0.1, -0.05) is 0 Å². The van der Waals surface area contributed by atoms with Crippen LogP contribution in [0.3, 0.4) is 0 Å². The van der Waals surface area contributed by atoms with Crippen LogP contribution >= 0.6 is 0 Å². The lowest BCUT2D eigenvalue weighted by Gasteiger charge is -2.16. The number of hydrogen-bond acceptors (Lipinski definition) is 5. The molecule has 2 rings (SSSR count). The molecule has 106 valence electrons. The molecule has 0 radical (unpaired) electrons. The Balaban J connectivity index is 1.81. The molecule has 0 aromatic carbocycles. The zero-order valence-corrected chi connectivity index (χ0v) is 11.0. The maximum absolute atomic E-state index is 11.6. The lowest BCUT2D eigenvalue weighted by atomic mass is 10.2. The minimum absolute atomic E-state index is 0.167. The van der Waals surface area contributed by atoms with E-state index in [9.17, 15) is 14.4 Å². The minimum atomic E-state index is -0.533. The number of hydroxylamine groups is 1.